The second kappa shape index (κ2) is 1.99. The first-order valence-electron chi connectivity index (χ1n) is 3.29. The van der Waals surface area contributed by atoms with Crippen molar-refractivity contribution in [3.8, 4) is 0 Å². The Hall–Kier alpha value is -1.02. The van der Waals surface area contributed by atoms with Gasteiger partial charge in [-0.3, -0.25) is 0 Å². The lowest BCUT2D eigenvalue weighted by Crippen LogP contribution is -1.95. The van der Waals surface area contributed by atoms with E-state index >= 15 is 0 Å². The first-order chi connectivity index (χ1) is 4.92. The highest BCUT2D eigenvalue weighted by Crippen LogP contribution is 2.24. The molecule has 2 heterocycles. The second-order valence-electron chi connectivity index (χ2n) is 2.34. The van der Waals surface area contributed by atoms with Crippen molar-refractivity contribution in [1.82, 2.24) is 4.57 Å². The molecule has 1 aliphatic heterocycles. The number of hydrogen-bond acceptors (Lipinski definition) is 1. The monoisotopic (exact) mass is 135 g/mol. The molecule has 0 aromatic carbocycles. The zero-order valence-electron chi connectivity index (χ0n) is 5.82. The molecule has 0 spiro atoms. The van der Waals surface area contributed by atoms with E-state index in [1.165, 1.54) is 5.69 Å². The fourth-order valence-corrected chi connectivity index (χ4v) is 1.25. The van der Waals surface area contributed by atoms with Crippen LogP contribution in [0.1, 0.15) is 11.8 Å². The average Bonchev–Trinajstić information content (AvgIpc) is 2.44. The van der Waals surface area contributed by atoms with Gasteiger partial charge in [0.2, 0.25) is 0 Å². The van der Waals surface area contributed by atoms with Gasteiger partial charge in [0.05, 0.1) is 5.69 Å². The molecule has 2 heteroatoms. The number of fused-ring (bicyclic) bond motifs is 1. The molecule has 0 saturated heterocycles. The Morgan fingerprint density at radius 1 is 1.60 bits per heavy atom. The summed E-state index contributed by atoms with van der Waals surface area (Å²) in [6.45, 7) is 0. The highest BCUT2D eigenvalue weighted by molar-refractivity contribution is 5.39. The largest absolute Gasteiger partial charge is 0.371 e. The van der Waals surface area contributed by atoms with Gasteiger partial charge in [-0.2, -0.15) is 0 Å². The molecule has 10 heavy (non-hydrogen) atoms. The molecule has 0 amide bonds. The van der Waals surface area contributed by atoms with E-state index in [2.05, 4.69) is 10.6 Å². The first-order valence-corrected chi connectivity index (χ1v) is 3.29. The number of rotatable bonds is 1. The van der Waals surface area contributed by atoms with E-state index in [9.17, 15) is 0 Å². The molecule has 1 aromatic rings. The minimum Gasteiger partial charge on any atom is -0.371 e. The van der Waals surface area contributed by atoms with Crippen LogP contribution in [0.3, 0.4) is 0 Å². The van der Waals surface area contributed by atoms with Gasteiger partial charge in [-0.1, -0.05) is 0 Å². The third-order valence-electron chi connectivity index (χ3n) is 1.78. The normalized spacial score (nSPS) is 21.5. The van der Waals surface area contributed by atoms with Gasteiger partial charge < -0.3 is 9.30 Å². The van der Waals surface area contributed by atoms with Crippen molar-refractivity contribution in [3.05, 3.63) is 30.1 Å². The molecule has 52 valence electrons. The maximum absolute atomic E-state index is 5.19. The van der Waals surface area contributed by atoms with Gasteiger partial charge in [0.1, 0.15) is 6.10 Å². The zero-order chi connectivity index (χ0) is 6.97. The van der Waals surface area contributed by atoms with E-state index in [1.54, 1.807) is 7.11 Å². The van der Waals surface area contributed by atoms with Gasteiger partial charge in [-0.05, 0) is 18.2 Å². The van der Waals surface area contributed by atoms with Crippen LogP contribution in [0.15, 0.2) is 24.4 Å². The van der Waals surface area contributed by atoms with Crippen LogP contribution < -0.4 is 0 Å². The summed E-state index contributed by atoms with van der Waals surface area (Å²) >= 11 is 0. The minimum atomic E-state index is 0.162. The summed E-state index contributed by atoms with van der Waals surface area (Å²) in [5.74, 6) is 0. The molecule has 2 rings (SSSR count). The molecular weight excluding hydrogens is 126 g/mol. The van der Waals surface area contributed by atoms with Crippen LogP contribution >= 0.6 is 0 Å². The van der Waals surface area contributed by atoms with E-state index in [1.807, 2.05) is 24.5 Å². The molecule has 1 aliphatic rings. The second-order valence-corrected chi connectivity index (χ2v) is 2.34. The summed E-state index contributed by atoms with van der Waals surface area (Å²) in [5.41, 5.74) is 1.21. The van der Waals surface area contributed by atoms with Crippen LogP contribution in [0.4, 0.5) is 0 Å². The lowest BCUT2D eigenvalue weighted by atomic mass is 10.3. The molecule has 0 fully saturated rings. The van der Waals surface area contributed by atoms with Crippen LogP contribution in [0.2, 0.25) is 0 Å². The van der Waals surface area contributed by atoms with Crippen LogP contribution in [-0.4, -0.2) is 11.7 Å². The highest BCUT2D eigenvalue weighted by atomic mass is 16.5. The number of nitrogens with zero attached hydrogens (tertiary/aromatic N) is 1. The zero-order valence-corrected chi connectivity index (χ0v) is 5.82. The fraction of sp³-hybridized carbons (Fsp3) is 0.250. The number of aromatic nitrogens is 1. The third-order valence-corrected chi connectivity index (χ3v) is 1.78. The molecule has 1 atom stereocenters. The summed E-state index contributed by atoms with van der Waals surface area (Å²) in [7, 11) is 1.72. The van der Waals surface area contributed by atoms with Crippen molar-refractivity contribution in [2.75, 3.05) is 7.11 Å². The highest BCUT2D eigenvalue weighted by Gasteiger charge is 2.14. The molecule has 0 aliphatic carbocycles. The third kappa shape index (κ3) is 0.625. The van der Waals surface area contributed by atoms with Crippen molar-refractivity contribution in [2.45, 2.75) is 6.10 Å². The molecule has 0 N–H and O–H groups in total. The van der Waals surface area contributed by atoms with Gasteiger partial charge >= 0.3 is 0 Å². The summed E-state index contributed by atoms with van der Waals surface area (Å²) in [6, 6.07) is 4.08. The molecule has 1 aromatic heterocycles. The molecule has 0 bridgehead atoms. The smallest absolute Gasteiger partial charge is 0.117 e. The molecule has 1 unspecified atom stereocenters. The summed E-state index contributed by atoms with van der Waals surface area (Å²) in [4.78, 5) is 0. The van der Waals surface area contributed by atoms with Crippen LogP contribution in [-0.2, 0) is 4.74 Å². The Kier molecular flexibility index (Phi) is 1.14. The van der Waals surface area contributed by atoms with Gasteiger partial charge in [-0.15, -0.1) is 0 Å². The predicted octanol–water partition coefficient (Wildman–Crippen LogP) is 1.66. The first kappa shape index (κ1) is 5.74. The maximum Gasteiger partial charge on any atom is 0.117 e. The van der Waals surface area contributed by atoms with Crippen LogP contribution in [0.25, 0.3) is 6.20 Å². The SMILES string of the molecule is COC1C=Cn2cccc21. The lowest BCUT2D eigenvalue weighted by Gasteiger charge is -2.03. The van der Waals surface area contributed by atoms with Crippen molar-refractivity contribution in [2.24, 2.45) is 0 Å². The topological polar surface area (TPSA) is 14.2 Å². The Morgan fingerprint density at radius 2 is 2.50 bits per heavy atom. The quantitative estimate of drug-likeness (QED) is 0.571. The van der Waals surface area contributed by atoms with E-state index in [-0.39, 0.29) is 6.10 Å². The molecule has 2 nitrogen and oxygen atoms in total. The predicted molar refractivity (Wildman–Crippen MR) is 39.5 cm³/mol. The van der Waals surface area contributed by atoms with Gasteiger partial charge in [-0.25, -0.2) is 0 Å². The van der Waals surface area contributed by atoms with Gasteiger partial charge in [0, 0.05) is 19.5 Å². The molecule has 0 saturated carbocycles. The summed E-state index contributed by atoms with van der Waals surface area (Å²) in [6.07, 6.45) is 6.24. The number of methoxy groups -OCH3 is 1. The average molecular weight is 135 g/mol. The standard InChI is InChI=1S/C8H9NO/c1-10-8-4-6-9-5-2-3-7(8)9/h2-6,8H,1H3. The molecule has 0 radical (unpaired) electrons. The Balaban J connectivity index is 2.43. The summed E-state index contributed by atoms with van der Waals surface area (Å²) < 4.78 is 7.25. The number of ether oxygens (including phenoxy) is 1. The molecular formula is C8H9NO. The van der Waals surface area contributed by atoms with E-state index < -0.39 is 0 Å². The Labute approximate surface area is 59.7 Å². The van der Waals surface area contributed by atoms with Crippen molar-refractivity contribution >= 4 is 6.20 Å². The fourth-order valence-electron chi connectivity index (χ4n) is 1.25. The van der Waals surface area contributed by atoms with E-state index in [4.69, 9.17) is 4.74 Å². The van der Waals surface area contributed by atoms with Crippen molar-refractivity contribution < 1.29 is 4.74 Å². The van der Waals surface area contributed by atoms with Crippen molar-refractivity contribution in [1.29, 1.82) is 0 Å². The lowest BCUT2D eigenvalue weighted by molar-refractivity contribution is 0.142. The summed E-state index contributed by atoms with van der Waals surface area (Å²) in [5, 5.41) is 0. The van der Waals surface area contributed by atoms with Crippen LogP contribution in [0, 0.1) is 0 Å². The number of hydrogen-bond donors (Lipinski definition) is 0. The van der Waals surface area contributed by atoms with Crippen LogP contribution in [0.5, 0.6) is 0 Å². The maximum atomic E-state index is 5.19. The van der Waals surface area contributed by atoms with Gasteiger partial charge in [0.25, 0.3) is 0 Å². The van der Waals surface area contributed by atoms with Crippen molar-refractivity contribution in [3.63, 3.8) is 0 Å². The minimum absolute atomic E-state index is 0.162. The van der Waals surface area contributed by atoms with Gasteiger partial charge in [0.15, 0.2) is 0 Å². The van der Waals surface area contributed by atoms with E-state index in [0.29, 0.717) is 0 Å². The Bertz CT molecular complexity index is 262. The Morgan fingerprint density at radius 3 is 3.30 bits per heavy atom. The van der Waals surface area contributed by atoms with E-state index in [0.717, 1.165) is 0 Å².